The van der Waals surface area contributed by atoms with Gasteiger partial charge in [0.2, 0.25) is 0 Å². The van der Waals surface area contributed by atoms with Crippen molar-refractivity contribution < 1.29 is 0 Å². The molecule has 1 N–H and O–H groups in total. The van der Waals surface area contributed by atoms with Gasteiger partial charge in [0.25, 0.3) is 0 Å². The average molecular weight is 238 g/mol. The zero-order valence-electron chi connectivity index (χ0n) is 8.69. The molecular formula is C11H14N2S2. The minimum Gasteiger partial charge on any atom is -0.311 e. The Morgan fingerprint density at radius 2 is 2.40 bits per heavy atom. The van der Waals surface area contributed by atoms with Gasteiger partial charge in [0.15, 0.2) is 0 Å². The molecular weight excluding hydrogens is 224 g/mol. The van der Waals surface area contributed by atoms with E-state index in [2.05, 4.69) is 34.1 Å². The van der Waals surface area contributed by atoms with E-state index in [0.717, 1.165) is 25.2 Å². The molecule has 0 aliphatic rings. The first-order valence-electron chi connectivity index (χ1n) is 4.97. The Bertz CT molecular complexity index is 392. The first kappa shape index (κ1) is 10.8. The molecule has 2 nitrogen and oxygen atoms in total. The highest BCUT2D eigenvalue weighted by Gasteiger charge is 2.00. The van der Waals surface area contributed by atoms with Gasteiger partial charge in [0.05, 0.1) is 11.2 Å². The molecule has 80 valence electrons. The van der Waals surface area contributed by atoms with Crippen LogP contribution in [0, 0.1) is 6.92 Å². The molecule has 2 aromatic rings. The summed E-state index contributed by atoms with van der Waals surface area (Å²) in [4.78, 5) is 5.57. The van der Waals surface area contributed by atoms with Crippen LogP contribution in [0.5, 0.6) is 0 Å². The highest BCUT2D eigenvalue weighted by molar-refractivity contribution is 7.09. The van der Waals surface area contributed by atoms with Gasteiger partial charge in [0, 0.05) is 11.4 Å². The molecule has 0 saturated carbocycles. The lowest BCUT2D eigenvalue weighted by Gasteiger charge is -2.02. The van der Waals surface area contributed by atoms with Crippen LogP contribution in [0.1, 0.15) is 16.1 Å². The number of aromatic nitrogens is 1. The van der Waals surface area contributed by atoms with Gasteiger partial charge >= 0.3 is 0 Å². The standard InChI is InChI=1S/C11H14N2S2/c1-9-11(15-8-13-9)6-12-4-2-10-3-5-14-7-10/h3,5,7-8,12H,2,4,6H2,1H3. The second kappa shape index (κ2) is 5.39. The van der Waals surface area contributed by atoms with E-state index < -0.39 is 0 Å². The van der Waals surface area contributed by atoms with Gasteiger partial charge in [-0.05, 0) is 42.3 Å². The molecule has 0 atom stereocenters. The fraction of sp³-hybridized carbons (Fsp3) is 0.364. The van der Waals surface area contributed by atoms with Crippen LogP contribution in [0.4, 0.5) is 0 Å². The maximum absolute atomic E-state index is 4.23. The third kappa shape index (κ3) is 3.12. The third-order valence-corrected chi connectivity index (χ3v) is 3.97. The van der Waals surface area contributed by atoms with Crippen LogP contribution in [-0.2, 0) is 13.0 Å². The molecule has 2 aromatic heterocycles. The minimum absolute atomic E-state index is 0.945. The molecule has 0 bridgehead atoms. The number of nitrogens with one attached hydrogen (secondary N) is 1. The molecule has 0 radical (unpaired) electrons. The van der Waals surface area contributed by atoms with Crippen molar-refractivity contribution in [2.75, 3.05) is 6.54 Å². The van der Waals surface area contributed by atoms with Gasteiger partial charge in [-0.1, -0.05) is 0 Å². The Balaban J connectivity index is 1.70. The number of thiazole rings is 1. The van der Waals surface area contributed by atoms with Crippen molar-refractivity contribution in [3.05, 3.63) is 38.5 Å². The zero-order chi connectivity index (χ0) is 10.5. The Morgan fingerprint density at radius 3 is 3.07 bits per heavy atom. The van der Waals surface area contributed by atoms with Gasteiger partial charge in [-0.25, -0.2) is 4.98 Å². The molecule has 4 heteroatoms. The zero-order valence-corrected chi connectivity index (χ0v) is 10.3. The predicted molar refractivity (Wildman–Crippen MR) is 66.6 cm³/mol. The first-order chi connectivity index (χ1) is 7.36. The largest absolute Gasteiger partial charge is 0.311 e. The summed E-state index contributed by atoms with van der Waals surface area (Å²) in [6.07, 6.45) is 1.11. The number of rotatable bonds is 5. The van der Waals surface area contributed by atoms with E-state index in [9.17, 15) is 0 Å². The smallest absolute Gasteiger partial charge is 0.0798 e. The SMILES string of the molecule is Cc1ncsc1CNCCc1ccsc1. The Morgan fingerprint density at radius 1 is 1.47 bits per heavy atom. The highest BCUT2D eigenvalue weighted by Crippen LogP contribution is 2.11. The number of hydrogen-bond acceptors (Lipinski definition) is 4. The number of nitrogens with zero attached hydrogens (tertiary/aromatic N) is 1. The molecule has 0 aromatic carbocycles. The summed E-state index contributed by atoms with van der Waals surface area (Å²) in [5, 5.41) is 7.78. The van der Waals surface area contributed by atoms with Crippen LogP contribution in [0.3, 0.4) is 0 Å². The van der Waals surface area contributed by atoms with Gasteiger partial charge in [0.1, 0.15) is 0 Å². The second-order valence-electron chi connectivity index (χ2n) is 3.42. The third-order valence-electron chi connectivity index (χ3n) is 2.30. The molecule has 0 unspecified atom stereocenters. The Hall–Kier alpha value is -0.710. The molecule has 0 fully saturated rings. The van der Waals surface area contributed by atoms with Crippen molar-refractivity contribution in [3.63, 3.8) is 0 Å². The van der Waals surface area contributed by atoms with E-state index in [1.807, 2.05) is 5.51 Å². The monoisotopic (exact) mass is 238 g/mol. The van der Waals surface area contributed by atoms with Gasteiger partial charge < -0.3 is 5.32 Å². The molecule has 15 heavy (non-hydrogen) atoms. The van der Waals surface area contributed by atoms with Crippen LogP contribution >= 0.6 is 22.7 Å². The number of aryl methyl sites for hydroxylation is 1. The average Bonchev–Trinajstić information content (AvgIpc) is 2.85. The van der Waals surface area contributed by atoms with Crippen molar-refractivity contribution in [1.29, 1.82) is 0 Å². The van der Waals surface area contributed by atoms with E-state index in [-0.39, 0.29) is 0 Å². The molecule has 2 rings (SSSR count). The lowest BCUT2D eigenvalue weighted by atomic mass is 10.2. The number of hydrogen-bond donors (Lipinski definition) is 1. The van der Waals surface area contributed by atoms with Crippen LogP contribution in [0.15, 0.2) is 22.3 Å². The molecule has 2 heterocycles. The Labute approximate surface area is 98.0 Å². The summed E-state index contributed by atoms with van der Waals surface area (Å²) in [5.74, 6) is 0. The van der Waals surface area contributed by atoms with Crippen molar-refractivity contribution in [2.45, 2.75) is 19.9 Å². The second-order valence-corrected chi connectivity index (χ2v) is 5.14. The normalized spacial score (nSPS) is 10.7. The van der Waals surface area contributed by atoms with E-state index in [1.165, 1.54) is 10.4 Å². The van der Waals surface area contributed by atoms with E-state index in [4.69, 9.17) is 0 Å². The summed E-state index contributed by atoms with van der Waals surface area (Å²) >= 11 is 3.49. The van der Waals surface area contributed by atoms with Crippen molar-refractivity contribution >= 4 is 22.7 Å². The summed E-state index contributed by atoms with van der Waals surface area (Å²) in [6, 6.07) is 2.18. The van der Waals surface area contributed by atoms with Crippen LogP contribution in [0.2, 0.25) is 0 Å². The molecule has 0 spiro atoms. The van der Waals surface area contributed by atoms with Crippen LogP contribution in [-0.4, -0.2) is 11.5 Å². The van der Waals surface area contributed by atoms with Crippen LogP contribution < -0.4 is 5.32 Å². The lowest BCUT2D eigenvalue weighted by Crippen LogP contribution is -2.16. The van der Waals surface area contributed by atoms with E-state index in [0.29, 0.717) is 0 Å². The Kier molecular flexibility index (Phi) is 3.88. The lowest BCUT2D eigenvalue weighted by molar-refractivity contribution is 0.691. The quantitative estimate of drug-likeness (QED) is 0.810. The topological polar surface area (TPSA) is 24.9 Å². The van der Waals surface area contributed by atoms with Gasteiger partial charge in [-0.2, -0.15) is 11.3 Å². The summed E-state index contributed by atoms with van der Waals surface area (Å²) in [7, 11) is 0. The first-order valence-corrected chi connectivity index (χ1v) is 6.79. The van der Waals surface area contributed by atoms with Gasteiger partial charge in [-0.3, -0.25) is 0 Å². The van der Waals surface area contributed by atoms with Crippen LogP contribution in [0.25, 0.3) is 0 Å². The van der Waals surface area contributed by atoms with Crippen molar-refractivity contribution in [1.82, 2.24) is 10.3 Å². The fourth-order valence-electron chi connectivity index (χ4n) is 1.37. The highest BCUT2D eigenvalue weighted by atomic mass is 32.1. The molecule has 0 amide bonds. The van der Waals surface area contributed by atoms with Crippen molar-refractivity contribution in [2.24, 2.45) is 0 Å². The maximum Gasteiger partial charge on any atom is 0.0798 e. The predicted octanol–water partition coefficient (Wildman–Crippen LogP) is 2.85. The summed E-state index contributed by atoms with van der Waals surface area (Å²) in [6.45, 7) is 4.04. The molecule has 0 aliphatic carbocycles. The maximum atomic E-state index is 4.23. The number of thiophene rings is 1. The molecule has 0 saturated heterocycles. The minimum atomic E-state index is 0.945. The van der Waals surface area contributed by atoms with Gasteiger partial charge in [-0.15, -0.1) is 11.3 Å². The molecule has 0 aliphatic heterocycles. The fourth-order valence-corrected chi connectivity index (χ4v) is 2.82. The summed E-state index contributed by atoms with van der Waals surface area (Å²) in [5.41, 5.74) is 4.49. The van der Waals surface area contributed by atoms with E-state index >= 15 is 0 Å². The van der Waals surface area contributed by atoms with Crippen molar-refractivity contribution in [3.8, 4) is 0 Å². The van der Waals surface area contributed by atoms with E-state index in [1.54, 1.807) is 22.7 Å². The summed E-state index contributed by atoms with van der Waals surface area (Å²) < 4.78 is 0.